The number of rotatable bonds is 5. The van der Waals surface area contributed by atoms with Crippen molar-refractivity contribution in [1.29, 1.82) is 0 Å². The number of anilines is 1. The van der Waals surface area contributed by atoms with Crippen molar-refractivity contribution in [2.24, 2.45) is 11.8 Å². The largest absolute Gasteiger partial charge is 0.459 e. The van der Waals surface area contributed by atoms with Gasteiger partial charge in [-0.05, 0) is 61.9 Å². The Labute approximate surface area is 243 Å². The van der Waals surface area contributed by atoms with Gasteiger partial charge in [-0.25, -0.2) is 4.39 Å². The summed E-state index contributed by atoms with van der Waals surface area (Å²) < 4.78 is 23.0. The molecule has 4 fully saturated rings. The summed E-state index contributed by atoms with van der Waals surface area (Å²) in [6, 6.07) is 11.6. The smallest absolute Gasteiger partial charge is 0.319 e. The number of aliphatic hydroxyl groups is 1. The zero-order chi connectivity index (χ0) is 27.7. The van der Waals surface area contributed by atoms with Crippen molar-refractivity contribution in [2.45, 2.75) is 50.2 Å². The number of halogens is 2. The molecule has 4 aliphatic rings. The number of aromatic nitrogens is 3. The van der Waals surface area contributed by atoms with Crippen molar-refractivity contribution in [3.63, 3.8) is 0 Å². The molecule has 2 aromatic heterocycles. The first-order valence-corrected chi connectivity index (χ1v) is 15.2. The maximum absolute atomic E-state index is 16.6. The van der Waals surface area contributed by atoms with Gasteiger partial charge >= 0.3 is 6.01 Å². The average Bonchev–Trinajstić information content (AvgIpc) is 3.64. The van der Waals surface area contributed by atoms with E-state index in [2.05, 4.69) is 19.8 Å². The first kappa shape index (κ1) is 25.6. The first-order chi connectivity index (χ1) is 20.0. The third kappa shape index (κ3) is 4.17. The molecule has 4 aromatic rings. The molecule has 4 unspecified atom stereocenters. The second kappa shape index (κ2) is 9.75. The summed E-state index contributed by atoms with van der Waals surface area (Å²) in [5, 5.41) is 13.0. The van der Waals surface area contributed by atoms with Crippen LogP contribution in [0.2, 0.25) is 5.02 Å². The number of benzene rings is 2. The molecule has 0 radical (unpaired) electrons. The van der Waals surface area contributed by atoms with Crippen molar-refractivity contribution in [3.8, 4) is 17.3 Å². The van der Waals surface area contributed by atoms with Crippen molar-refractivity contribution in [3.05, 3.63) is 53.4 Å². The molecule has 0 spiro atoms. The van der Waals surface area contributed by atoms with Crippen molar-refractivity contribution >= 4 is 39.1 Å². The Bertz CT molecular complexity index is 1650. The number of piperidine rings is 1. The lowest BCUT2D eigenvalue weighted by Crippen LogP contribution is -2.41. The predicted molar refractivity (Wildman–Crippen MR) is 158 cm³/mol. The zero-order valence-corrected chi connectivity index (χ0v) is 23.7. The quantitative estimate of drug-likeness (QED) is 0.321. The summed E-state index contributed by atoms with van der Waals surface area (Å²) in [7, 11) is 0. The van der Waals surface area contributed by atoms with Crippen molar-refractivity contribution < 1.29 is 14.2 Å². The van der Waals surface area contributed by atoms with Crippen LogP contribution in [0, 0.1) is 17.7 Å². The maximum atomic E-state index is 16.6. The number of ether oxygens (including phenoxy) is 1. The highest BCUT2D eigenvalue weighted by molar-refractivity contribution is 6.36. The van der Waals surface area contributed by atoms with Gasteiger partial charge in [0.2, 0.25) is 0 Å². The minimum Gasteiger partial charge on any atom is -0.459 e. The number of aliphatic hydroxyl groups excluding tert-OH is 1. The van der Waals surface area contributed by atoms with Crippen LogP contribution in [0.5, 0.6) is 6.01 Å². The van der Waals surface area contributed by atoms with Gasteiger partial charge in [0.1, 0.15) is 23.1 Å². The summed E-state index contributed by atoms with van der Waals surface area (Å²) in [6.07, 6.45) is 8.02. The van der Waals surface area contributed by atoms with Gasteiger partial charge in [-0.15, -0.1) is 0 Å². The second-order valence-electron chi connectivity index (χ2n) is 12.5. The van der Waals surface area contributed by atoms with E-state index < -0.39 is 5.82 Å². The lowest BCUT2D eigenvalue weighted by Gasteiger charge is -2.33. The fourth-order valence-corrected chi connectivity index (χ4v) is 8.38. The molecule has 9 heteroatoms. The molecule has 2 aromatic carbocycles. The molecule has 3 aliphatic heterocycles. The van der Waals surface area contributed by atoms with E-state index in [0.29, 0.717) is 46.6 Å². The van der Waals surface area contributed by atoms with Gasteiger partial charge in [-0.3, -0.25) is 9.88 Å². The van der Waals surface area contributed by atoms with E-state index in [1.165, 1.54) is 19.3 Å². The van der Waals surface area contributed by atoms with Gasteiger partial charge in [-0.2, -0.15) is 9.97 Å². The summed E-state index contributed by atoms with van der Waals surface area (Å²) in [5.41, 5.74) is 0.831. The van der Waals surface area contributed by atoms with Crippen LogP contribution in [0.1, 0.15) is 38.5 Å². The number of pyridine rings is 1. The minimum atomic E-state index is -0.498. The fourth-order valence-electron chi connectivity index (χ4n) is 8.09. The Morgan fingerprint density at radius 1 is 1.07 bits per heavy atom. The predicted octanol–water partition coefficient (Wildman–Crippen LogP) is 5.85. The van der Waals surface area contributed by atoms with E-state index >= 15 is 4.39 Å². The Hall–Kier alpha value is -3.07. The van der Waals surface area contributed by atoms with Crippen LogP contribution in [0.4, 0.5) is 10.2 Å². The summed E-state index contributed by atoms with van der Waals surface area (Å²) in [5.74, 6) is 1.46. The molecule has 2 bridgehead atoms. The van der Waals surface area contributed by atoms with Crippen LogP contribution in [0.3, 0.4) is 0 Å². The van der Waals surface area contributed by atoms with Gasteiger partial charge in [0.15, 0.2) is 5.82 Å². The molecule has 4 atom stereocenters. The molecule has 8 rings (SSSR count). The van der Waals surface area contributed by atoms with Crippen molar-refractivity contribution in [1.82, 2.24) is 19.9 Å². The fraction of sp³-hybridized carbons (Fsp3) is 0.469. The normalized spacial score (nSPS) is 27.7. The molecule has 41 heavy (non-hydrogen) atoms. The minimum absolute atomic E-state index is 0.116. The molecule has 1 N–H and O–H groups in total. The highest BCUT2D eigenvalue weighted by atomic mass is 35.5. The Morgan fingerprint density at radius 3 is 2.66 bits per heavy atom. The lowest BCUT2D eigenvalue weighted by molar-refractivity contribution is 0.0992. The summed E-state index contributed by atoms with van der Waals surface area (Å²) in [4.78, 5) is 18.9. The lowest BCUT2D eigenvalue weighted by atomic mass is 9.94. The van der Waals surface area contributed by atoms with Crippen LogP contribution in [0.25, 0.3) is 32.9 Å². The number of hydrogen-bond acceptors (Lipinski definition) is 7. The summed E-state index contributed by atoms with van der Waals surface area (Å²) in [6.45, 7) is 3.58. The Balaban J connectivity index is 1.25. The Morgan fingerprint density at radius 2 is 1.88 bits per heavy atom. The second-order valence-corrected chi connectivity index (χ2v) is 12.9. The van der Waals surface area contributed by atoms with Gasteiger partial charge in [-0.1, -0.05) is 41.9 Å². The van der Waals surface area contributed by atoms with E-state index in [1.54, 1.807) is 6.20 Å². The van der Waals surface area contributed by atoms with Crippen LogP contribution in [-0.2, 0) is 0 Å². The standard InChI is InChI=1S/C32H33ClFN5O2/c33-25-7-2-5-21-4-1-6-23(26(21)25)28-27(34)29-24(14-35-28)30(38-15-19-8-9-20(12-19)16-38)37-31(36-29)41-22-13-32(18-40)10-3-11-39(32)17-22/h1-2,4-7,14,19-20,22,40H,3,8-13,15-18H2. The highest BCUT2D eigenvalue weighted by Crippen LogP contribution is 2.43. The molecular weight excluding hydrogens is 541 g/mol. The van der Waals surface area contributed by atoms with E-state index in [4.69, 9.17) is 21.3 Å². The topological polar surface area (TPSA) is 74.6 Å². The third-order valence-electron chi connectivity index (χ3n) is 10.00. The average molecular weight is 574 g/mol. The zero-order valence-electron chi connectivity index (χ0n) is 22.9. The maximum Gasteiger partial charge on any atom is 0.319 e. The monoisotopic (exact) mass is 573 g/mol. The number of fused-ring (bicyclic) bond motifs is 5. The van der Waals surface area contributed by atoms with Crippen molar-refractivity contribution in [2.75, 3.05) is 37.7 Å². The van der Waals surface area contributed by atoms with Gasteiger partial charge in [0.05, 0.1) is 12.0 Å². The number of nitrogens with zero attached hydrogens (tertiary/aromatic N) is 5. The molecular formula is C32H33ClFN5O2. The van der Waals surface area contributed by atoms with E-state index in [0.717, 1.165) is 43.2 Å². The van der Waals surface area contributed by atoms with E-state index in [9.17, 15) is 5.11 Å². The highest BCUT2D eigenvalue weighted by Gasteiger charge is 2.49. The number of hydrogen-bond donors (Lipinski definition) is 1. The van der Waals surface area contributed by atoms with Crippen LogP contribution >= 0.6 is 11.6 Å². The van der Waals surface area contributed by atoms with Crippen LogP contribution in [-0.4, -0.2) is 69.4 Å². The molecule has 1 saturated carbocycles. The third-order valence-corrected chi connectivity index (χ3v) is 10.3. The molecule has 3 saturated heterocycles. The first-order valence-electron chi connectivity index (χ1n) is 14.8. The molecule has 5 heterocycles. The summed E-state index contributed by atoms with van der Waals surface area (Å²) >= 11 is 6.60. The van der Waals surface area contributed by atoms with E-state index in [1.807, 2.05) is 36.4 Å². The van der Waals surface area contributed by atoms with Crippen LogP contribution < -0.4 is 9.64 Å². The molecule has 212 valence electrons. The molecule has 0 amide bonds. The van der Waals surface area contributed by atoms with Gasteiger partial charge in [0, 0.05) is 53.8 Å². The SMILES string of the molecule is OCC12CCCN1CC(Oc1nc(N3CC4CCC(C4)C3)c3cnc(-c4cccc5cccc(Cl)c45)c(F)c3n1)C2. The Kier molecular flexibility index (Phi) is 6.09. The molecule has 1 aliphatic carbocycles. The van der Waals surface area contributed by atoms with Gasteiger partial charge < -0.3 is 14.7 Å². The van der Waals surface area contributed by atoms with Crippen LogP contribution in [0.15, 0.2) is 42.6 Å². The van der Waals surface area contributed by atoms with Gasteiger partial charge in [0.25, 0.3) is 0 Å². The van der Waals surface area contributed by atoms with E-state index in [-0.39, 0.29) is 35.5 Å². The molecule has 7 nitrogen and oxygen atoms in total.